The number of aryl methyl sites for hydroxylation is 1. The summed E-state index contributed by atoms with van der Waals surface area (Å²) >= 11 is 0. The topological polar surface area (TPSA) is 37.4 Å². The number of hydrogen-bond donors (Lipinski definition) is 0. The molecule has 1 aromatic carbocycles. The maximum absolute atomic E-state index is 12.7. The minimum atomic E-state index is -4.47. The van der Waals surface area contributed by atoms with E-state index in [1.807, 2.05) is 0 Å². The van der Waals surface area contributed by atoms with Gasteiger partial charge in [-0.1, -0.05) is 6.07 Å². The fourth-order valence-electron chi connectivity index (χ4n) is 1.90. The Morgan fingerprint density at radius 3 is 2.39 bits per heavy atom. The lowest BCUT2D eigenvalue weighted by Gasteiger charge is -2.18. The van der Waals surface area contributed by atoms with Crippen molar-refractivity contribution in [3.63, 3.8) is 0 Å². The number of carbonyl (C=O) groups excluding carboxylic acids is 2. The van der Waals surface area contributed by atoms with Crippen LogP contribution in [0.5, 0.6) is 0 Å². The van der Waals surface area contributed by atoms with Gasteiger partial charge in [0, 0.05) is 5.69 Å². The van der Waals surface area contributed by atoms with Crippen LogP contribution in [-0.2, 0) is 15.8 Å². The first kappa shape index (κ1) is 12.6. The molecule has 0 spiro atoms. The third-order valence-corrected chi connectivity index (χ3v) is 2.82. The first-order valence-electron chi connectivity index (χ1n) is 5.29. The Labute approximate surface area is 101 Å². The Balaban J connectivity index is 2.42. The molecule has 1 heterocycles. The molecule has 0 aliphatic carbocycles. The summed E-state index contributed by atoms with van der Waals surface area (Å²) in [6, 6.07) is 3.63. The summed E-state index contributed by atoms with van der Waals surface area (Å²) in [6.45, 7) is 1.20. The number of amides is 1. The molecule has 0 bridgehead atoms. The first-order chi connectivity index (χ1) is 8.29. The van der Waals surface area contributed by atoms with Gasteiger partial charge in [0.05, 0.1) is 18.5 Å². The molecule has 1 aliphatic rings. The fourth-order valence-corrected chi connectivity index (χ4v) is 1.90. The maximum Gasteiger partial charge on any atom is 0.416 e. The van der Waals surface area contributed by atoms with Crippen molar-refractivity contribution in [1.82, 2.24) is 0 Å². The van der Waals surface area contributed by atoms with E-state index in [2.05, 4.69) is 0 Å². The first-order valence-corrected chi connectivity index (χ1v) is 5.29. The molecule has 0 unspecified atom stereocenters. The number of Topliss-reactive ketones (excluding diaryl/α,β-unsaturated/α-hetero) is 1. The Bertz CT molecular complexity index is 523. The van der Waals surface area contributed by atoms with Gasteiger partial charge >= 0.3 is 6.18 Å². The standard InChI is InChI=1S/C12H10F3NO2/c1-7-2-3-8(4-10(7)12(13,14)15)16-6-9(17)5-11(16)18/h2-4H,5-6H2,1H3. The van der Waals surface area contributed by atoms with Crippen LogP contribution in [0.2, 0.25) is 0 Å². The molecular formula is C12H10F3NO2. The Morgan fingerprint density at radius 1 is 1.22 bits per heavy atom. The van der Waals surface area contributed by atoms with Crippen molar-refractivity contribution in [2.45, 2.75) is 19.5 Å². The number of benzene rings is 1. The predicted octanol–water partition coefficient (Wildman–Crippen LogP) is 2.32. The van der Waals surface area contributed by atoms with Crippen LogP contribution in [0.4, 0.5) is 18.9 Å². The zero-order valence-corrected chi connectivity index (χ0v) is 9.54. The van der Waals surface area contributed by atoms with Crippen molar-refractivity contribution in [3.8, 4) is 0 Å². The van der Waals surface area contributed by atoms with E-state index >= 15 is 0 Å². The fraction of sp³-hybridized carbons (Fsp3) is 0.333. The molecule has 1 aliphatic heterocycles. The highest BCUT2D eigenvalue weighted by molar-refractivity contribution is 6.15. The Hall–Kier alpha value is -1.85. The molecule has 1 aromatic rings. The summed E-state index contributed by atoms with van der Waals surface area (Å²) in [4.78, 5) is 23.6. The van der Waals surface area contributed by atoms with E-state index in [0.717, 1.165) is 11.0 Å². The van der Waals surface area contributed by atoms with Crippen LogP contribution in [-0.4, -0.2) is 18.2 Å². The molecule has 3 nitrogen and oxygen atoms in total. The lowest BCUT2D eigenvalue weighted by Crippen LogP contribution is -2.25. The molecule has 6 heteroatoms. The van der Waals surface area contributed by atoms with Gasteiger partial charge in [-0.25, -0.2) is 0 Å². The molecule has 0 N–H and O–H groups in total. The maximum atomic E-state index is 12.7. The number of nitrogens with zero attached hydrogens (tertiary/aromatic N) is 1. The average Bonchev–Trinajstić information content (AvgIpc) is 2.57. The van der Waals surface area contributed by atoms with Crippen LogP contribution < -0.4 is 4.90 Å². The Kier molecular flexibility index (Phi) is 2.88. The zero-order chi connectivity index (χ0) is 13.5. The number of anilines is 1. The normalized spacial score (nSPS) is 16.6. The van der Waals surface area contributed by atoms with Gasteiger partial charge in [0.15, 0.2) is 5.78 Å². The average molecular weight is 257 g/mol. The summed E-state index contributed by atoms with van der Waals surface area (Å²) in [5.74, 6) is -0.744. The van der Waals surface area contributed by atoms with Crippen molar-refractivity contribution in [3.05, 3.63) is 29.3 Å². The van der Waals surface area contributed by atoms with Gasteiger partial charge in [-0.15, -0.1) is 0 Å². The largest absolute Gasteiger partial charge is 0.416 e. The van der Waals surface area contributed by atoms with Crippen LogP contribution in [0.1, 0.15) is 17.5 Å². The van der Waals surface area contributed by atoms with Gasteiger partial charge in [0.25, 0.3) is 0 Å². The minimum Gasteiger partial charge on any atom is -0.305 e. The second kappa shape index (κ2) is 4.12. The highest BCUT2D eigenvalue weighted by Gasteiger charge is 2.34. The monoisotopic (exact) mass is 257 g/mol. The molecule has 1 saturated heterocycles. The van der Waals surface area contributed by atoms with Gasteiger partial charge in [-0.3, -0.25) is 9.59 Å². The molecule has 1 fully saturated rings. The third kappa shape index (κ3) is 2.23. The van der Waals surface area contributed by atoms with E-state index in [1.165, 1.54) is 19.1 Å². The van der Waals surface area contributed by atoms with Crippen LogP contribution in [0.3, 0.4) is 0 Å². The minimum absolute atomic E-state index is 0.0872. The Morgan fingerprint density at radius 2 is 1.89 bits per heavy atom. The number of rotatable bonds is 1. The van der Waals surface area contributed by atoms with E-state index in [0.29, 0.717) is 0 Å². The van der Waals surface area contributed by atoms with Crippen molar-refractivity contribution in [1.29, 1.82) is 0 Å². The molecule has 0 aromatic heterocycles. The van der Waals surface area contributed by atoms with Gasteiger partial charge in [0.1, 0.15) is 0 Å². The molecule has 96 valence electrons. The quantitative estimate of drug-likeness (QED) is 0.724. The number of ketones is 1. The van der Waals surface area contributed by atoms with Gasteiger partial charge in [0.2, 0.25) is 5.91 Å². The van der Waals surface area contributed by atoms with Crippen LogP contribution in [0, 0.1) is 6.92 Å². The highest BCUT2D eigenvalue weighted by atomic mass is 19.4. The molecule has 0 saturated carbocycles. The molecule has 2 rings (SSSR count). The molecule has 1 amide bonds. The summed E-state index contributed by atoms with van der Waals surface area (Å²) in [5.41, 5.74) is -0.583. The molecule has 0 atom stereocenters. The molecular weight excluding hydrogens is 247 g/mol. The number of carbonyl (C=O) groups is 2. The van der Waals surface area contributed by atoms with Gasteiger partial charge in [-0.05, 0) is 24.6 Å². The van der Waals surface area contributed by atoms with E-state index in [9.17, 15) is 22.8 Å². The van der Waals surface area contributed by atoms with Gasteiger partial charge in [-0.2, -0.15) is 13.2 Å². The van der Waals surface area contributed by atoms with E-state index in [4.69, 9.17) is 0 Å². The second-order valence-electron chi connectivity index (χ2n) is 4.19. The van der Waals surface area contributed by atoms with Crippen molar-refractivity contribution in [2.24, 2.45) is 0 Å². The van der Waals surface area contributed by atoms with E-state index in [1.54, 1.807) is 0 Å². The number of hydrogen-bond acceptors (Lipinski definition) is 2. The summed E-state index contributed by atoms with van der Waals surface area (Å²) in [7, 11) is 0. The number of alkyl halides is 3. The lowest BCUT2D eigenvalue weighted by molar-refractivity contribution is -0.138. The van der Waals surface area contributed by atoms with Crippen LogP contribution in [0.25, 0.3) is 0 Å². The third-order valence-electron chi connectivity index (χ3n) is 2.82. The second-order valence-corrected chi connectivity index (χ2v) is 4.19. The van der Waals surface area contributed by atoms with Crippen molar-refractivity contribution in [2.75, 3.05) is 11.4 Å². The highest BCUT2D eigenvalue weighted by Crippen LogP contribution is 2.34. The zero-order valence-electron chi connectivity index (χ0n) is 9.54. The van der Waals surface area contributed by atoms with Crippen LogP contribution >= 0.6 is 0 Å². The summed E-state index contributed by atoms with van der Waals surface area (Å²) in [5, 5.41) is 0. The summed E-state index contributed by atoms with van der Waals surface area (Å²) in [6.07, 6.45) is -4.71. The smallest absolute Gasteiger partial charge is 0.305 e. The van der Waals surface area contributed by atoms with Crippen LogP contribution in [0.15, 0.2) is 18.2 Å². The van der Waals surface area contributed by atoms with Crippen molar-refractivity contribution < 1.29 is 22.8 Å². The van der Waals surface area contributed by atoms with E-state index in [-0.39, 0.29) is 30.0 Å². The lowest BCUT2D eigenvalue weighted by atomic mass is 10.1. The van der Waals surface area contributed by atoms with E-state index < -0.39 is 17.6 Å². The predicted molar refractivity (Wildman–Crippen MR) is 58.2 cm³/mol. The van der Waals surface area contributed by atoms with Crippen molar-refractivity contribution >= 4 is 17.4 Å². The SMILES string of the molecule is Cc1ccc(N2CC(=O)CC2=O)cc1C(F)(F)F. The molecule has 0 radical (unpaired) electrons. The molecule has 18 heavy (non-hydrogen) atoms. The number of halogens is 3. The van der Waals surface area contributed by atoms with Gasteiger partial charge < -0.3 is 4.90 Å². The summed E-state index contributed by atoms with van der Waals surface area (Å²) < 4.78 is 38.2.